The zero-order valence-electron chi connectivity index (χ0n) is 13.4. The van der Waals surface area contributed by atoms with Crippen molar-refractivity contribution in [3.63, 3.8) is 0 Å². The van der Waals surface area contributed by atoms with Crippen LogP contribution in [-0.2, 0) is 0 Å². The van der Waals surface area contributed by atoms with Crippen LogP contribution in [-0.4, -0.2) is 36.7 Å². The number of hydrogen-bond donors (Lipinski definition) is 2. The lowest BCUT2D eigenvalue weighted by atomic mass is 10.0. The molecule has 3 nitrogen and oxygen atoms in total. The smallest absolute Gasteiger partial charge is 0.174 e. The second kappa shape index (κ2) is 7.47. The summed E-state index contributed by atoms with van der Waals surface area (Å²) in [6.07, 6.45) is 0. The van der Waals surface area contributed by atoms with E-state index in [9.17, 15) is 4.39 Å². The molecule has 1 saturated heterocycles. The summed E-state index contributed by atoms with van der Waals surface area (Å²) in [7, 11) is 2.20. The number of benzene rings is 2. The Morgan fingerprint density at radius 2 is 2.04 bits per heavy atom. The van der Waals surface area contributed by atoms with E-state index in [1.54, 1.807) is 12.1 Å². The maximum absolute atomic E-state index is 13.3. The van der Waals surface area contributed by atoms with Gasteiger partial charge >= 0.3 is 0 Å². The van der Waals surface area contributed by atoms with Crippen molar-refractivity contribution in [2.75, 3.05) is 32.0 Å². The van der Waals surface area contributed by atoms with E-state index in [2.05, 4.69) is 29.4 Å². The summed E-state index contributed by atoms with van der Waals surface area (Å²) >= 11 is 11.5. The highest BCUT2D eigenvalue weighted by atomic mass is 35.5. The number of piperazine rings is 1. The van der Waals surface area contributed by atoms with Crippen molar-refractivity contribution in [2.24, 2.45) is 0 Å². The first-order valence-corrected chi connectivity index (χ1v) is 8.72. The third-order valence-corrected chi connectivity index (χ3v) is 4.94. The van der Waals surface area contributed by atoms with Crippen LogP contribution in [0.15, 0.2) is 48.5 Å². The largest absolute Gasteiger partial charge is 0.334 e. The summed E-state index contributed by atoms with van der Waals surface area (Å²) in [5.74, 6) is -0.432. The van der Waals surface area contributed by atoms with E-state index < -0.39 is 5.82 Å². The molecule has 1 aliphatic heterocycles. The molecule has 1 fully saturated rings. The molecular formula is C18H20ClFN3S+. The number of thiocarbonyl (C=S) groups is 1. The molecule has 2 N–H and O–H groups in total. The fourth-order valence-corrected chi connectivity index (χ4v) is 3.51. The molecule has 1 aliphatic rings. The van der Waals surface area contributed by atoms with Crippen molar-refractivity contribution in [1.29, 1.82) is 0 Å². The quantitative estimate of drug-likeness (QED) is 0.799. The highest BCUT2D eigenvalue weighted by Crippen LogP contribution is 2.23. The van der Waals surface area contributed by atoms with Gasteiger partial charge in [-0.15, -0.1) is 0 Å². The molecule has 0 radical (unpaired) electrons. The minimum absolute atomic E-state index is 0.0882. The van der Waals surface area contributed by atoms with Crippen molar-refractivity contribution in [3.05, 3.63) is 64.9 Å². The predicted molar refractivity (Wildman–Crippen MR) is 100 cm³/mol. The van der Waals surface area contributed by atoms with Crippen molar-refractivity contribution in [3.8, 4) is 0 Å². The van der Waals surface area contributed by atoms with Crippen LogP contribution in [0.2, 0.25) is 5.02 Å². The molecular weight excluding hydrogens is 345 g/mol. The Kier molecular flexibility index (Phi) is 5.33. The molecule has 2 atom stereocenters. The topological polar surface area (TPSA) is 19.7 Å². The van der Waals surface area contributed by atoms with Gasteiger partial charge in [-0.3, -0.25) is 0 Å². The summed E-state index contributed by atoms with van der Waals surface area (Å²) < 4.78 is 13.3. The normalized spacial score (nSPS) is 20.7. The zero-order valence-corrected chi connectivity index (χ0v) is 15.0. The molecule has 3 rings (SSSR count). The Labute approximate surface area is 152 Å². The Bertz CT molecular complexity index is 725. The first kappa shape index (κ1) is 17.1. The van der Waals surface area contributed by atoms with Crippen LogP contribution in [0, 0.1) is 5.82 Å². The van der Waals surface area contributed by atoms with E-state index in [4.69, 9.17) is 23.8 Å². The molecule has 2 aromatic carbocycles. The molecule has 0 amide bonds. The van der Waals surface area contributed by atoms with E-state index in [1.165, 1.54) is 16.5 Å². The van der Waals surface area contributed by atoms with Gasteiger partial charge in [0.05, 0.1) is 25.2 Å². The number of quaternary nitrogens is 1. The number of likely N-dealkylation sites (N-methyl/N-ethyl adjacent to an activating group) is 1. The average molecular weight is 365 g/mol. The fraction of sp³-hybridized carbons (Fsp3) is 0.278. The zero-order chi connectivity index (χ0) is 17.1. The minimum atomic E-state index is -0.432. The summed E-state index contributed by atoms with van der Waals surface area (Å²) in [5, 5.41) is 3.92. The Morgan fingerprint density at radius 1 is 1.29 bits per heavy atom. The molecule has 0 spiro atoms. The van der Waals surface area contributed by atoms with E-state index in [1.807, 2.05) is 18.2 Å². The molecule has 0 aliphatic carbocycles. The first-order chi connectivity index (χ1) is 11.5. The molecule has 24 heavy (non-hydrogen) atoms. The van der Waals surface area contributed by atoms with Crippen LogP contribution >= 0.6 is 23.8 Å². The predicted octanol–water partition coefficient (Wildman–Crippen LogP) is 2.75. The summed E-state index contributed by atoms with van der Waals surface area (Å²) in [6.45, 7) is 2.87. The summed E-state index contributed by atoms with van der Waals surface area (Å²) in [6, 6.07) is 15.1. The van der Waals surface area contributed by atoms with Gasteiger partial charge in [0.15, 0.2) is 5.11 Å². The highest BCUT2D eigenvalue weighted by Gasteiger charge is 2.30. The number of nitrogens with one attached hydrogen (secondary N) is 2. The molecule has 0 aromatic heterocycles. The number of anilines is 1. The summed E-state index contributed by atoms with van der Waals surface area (Å²) in [4.78, 5) is 3.68. The van der Waals surface area contributed by atoms with Crippen LogP contribution < -0.4 is 10.2 Å². The van der Waals surface area contributed by atoms with Crippen LogP contribution in [0.5, 0.6) is 0 Å². The maximum atomic E-state index is 13.3. The van der Waals surface area contributed by atoms with Gasteiger partial charge in [-0.25, -0.2) is 4.39 Å². The number of nitrogens with zero attached hydrogens (tertiary/aromatic N) is 1. The van der Waals surface area contributed by atoms with Crippen molar-refractivity contribution >= 4 is 34.6 Å². The average Bonchev–Trinajstić information content (AvgIpc) is 2.59. The Hall–Kier alpha value is -1.69. The van der Waals surface area contributed by atoms with Crippen LogP contribution in [0.4, 0.5) is 10.1 Å². The van der Waals surface area contributed by atoms with E-state index in [0.29, 0.717) is 10.8 Å². The van der Waals surface area contributed by atoms with E-state index in [-0.39, 0.29) is 11.1 Å². The second-order valence-corrected chi connectivity index (χ2v) is 6.88. The number of hydrogen-bond acceptors (Lipinski definition) is 1. The SMILES string of the molecule is C[NH+]1CCN(C(=S)Nc2ccc(F)c(Cl)c2)[C@H](c2ccccc2)C1. The monoisotopic (exact) mass is 364 g/mol. The van der Waals surface area contributed by atoms with Gasteiger partial charge in [0.2, 0.25) is 0 Å². The molecule has 0 bridgehead atoms. The molecule has 6 heteroatoms. The van der Waals surface area contributed by atoms with Crippen molar-refractivity contribution in [2.45, 2.75) is 6.04 Å². The van der Waals surface area contributed by atoms with Crippen LogP contribution in [0.1, 0.15) is 11.6 Å². The number of halogens is 2. The third kappa shape index (κ3) is 3.86. The number of rotatable bonds is 2. The fourth-order valence-electron chi connectivity index (χ4n) is 2.99. The lowest BCUT2D eigenvalue weighted by Gasteiger charge is -2.39. The molecule has 1 unspecified atom stereocenters. The first-order valence-electron chi connectivity index (χ1n) is 7.93. The molecule has 126 valence electrons. The van der Waals surface area contributed by atoms with Gasteiger partial charge in [0, 0.05) is 5.69 Å². The van der Waals surface area contributed by atoms with Crippen LogP contribution in [0.25, 0.3) is 0 Å². The second-order valence-electron chi connectivity index (χ2n) is 6.09. The van der Waals surface area contributed by atoms with Gasteiger partial charge in [0.25, 0.3) is 0 Å². The third-order valence-electron chi connectivity index (χ3n) is 4.31. The standard InChI is InChI=1S/C18H19ClFN3S/c1-22-9-10-23(17(12-22)13-5-3-2-4-6-13)18(24)21-14-7-8-16(20)15(19)11-14/h2-8,11,17H,9-10,12H2,1H3,(H,21,24)/p+1/t17-/m0/s1. The minimum Gasteiger partial charge on any atom is -0.334 e. The lowest BCUT2D eigenvalue weighted by molar-refractivity contribution is -0.887. The van der Waals surface area contributed by atoms with Crippen molar-refractivity contribution < 1.29 is 9.29 Å². The lowest BCUT2D eigenvalue weighted by Crippen LogP contribution is -3.12. The van der Waals surface area contributed by atoms with Crippen LogP contribution in [0.3, 0.4) is 0 Å². The summed E-state index contributed by atoms with van der Waals surface area (Å²) in [5.41, 5.74) is 1.95. The van der Waals surface area contributed by atoms with Gasteiger partial charge in [-0.2, -0.15) is 0 Å². The Balaban J connectivity index is 1.79. The Morgan fingerprint density at radius 3 is 2.75 bits per heavy atom. The van der Waals surface area contributed by atoms with Gasteiger partial charge in [-0.1, -0.05) is 41.9 Å². The highest BCUT2D eigenvalue weighted by molar-refractivity contribution is 7.80. The van der Waals surface area contributed by atoms with Gasteiger partial charge in [0.1, 0.15) is 18.4 Å². The molecule has 2 aromatic rings. The molecule has 1 heterocycles. The molecule has 0 saturated carbocycles. The van der Waals surface area contributed by atoms with E-state index in [0.717, 1.165) is 19.6 Å². The maximum Gasteiger partial charge on any atom is 0.174 e. The van der Waals surface area contributed by atoms with Crippen molar-refractivity contribution in [1.82, 2.24) is 4.90 Å². The van der Waals surface area contributed by atoms with Gasteiger partial charge < -0.3 is 15.1 Å². The van der Waals surface area contributed by atoms with E-state index >= 15 is 0 Å². The van der Waals surface area contributed by atoms with Gasteiger partial charge in [-0.05, 0) is 36.0 Å².